The van der Waals surface area contributed by atoms with Gasteiger partial charge in [-0.15, -0.1) is 0 Å². The fraction of sp³-hybridized carbons (Fsp3) is 0.375. The molecule has 2 aromatic rings. The van der Waals surface area contributed by atoms with Crippen LogP contribution in [-0.2, 0) is 9.59 Å². The molecule has 33 heavy (non-hydrogen) atoms. The van der Waals surface area contributed by atoms with Crippen molar-refractivity contribution in [3.05, 3.63) is 42.0 Å². The predicted octanol–water partition coefficient (Wildman–Crippen LogP) is 2.69. The van der Waals surface area contributed by atoms with Crippen LogP contribution in [0.15, 0.2) is 36.4 Å². The summed E-state index contributed by atoms with van der Waals surface area (Å²) >= 11 is 0. The molecule has 9 nitrogen and oxygen atoms in total. The molecule has 1 fully saturated rings. The van der Waals surface area contributed by atoms with E-state index in [1.807, 2.05) is 0 Å². The second-order valence-electron chi connectivity index (χ2n) is 7.91. The quantitative estimate of drug-likeness (QED) is 0.722. The highest BCUT2D eigenvalue weighted by Gasteiger charge is 2.41. The number of rotatable bonds is 6. The van der Waals surface area contributed by atoms with Crippen LogP contribution in [0.4, 0.5) is 11.4 Å². The molecule has 174 valence electrons. The van der Waals surface area contributed by atoms with Crippen molar-refractivity contribution in [1.29, 1.82) is 0 Å². The Morgan fingerprint density at radius 1 is 1.03 bits per heavy atom. The Kier molecular flexibility index (Phi) is 6.39. The molecular formula is C24H27N3O6. The highest BCUT2D eigenvalue weighted by atomic mass is 16.5. The van der Waals surface area contributed by atoms with Crippen LogP contribution in [0.25, 0.3) is 0 Å². The number of hydrogen-bond acceptors (Lipinski definition) is 6. The molecule has 2 aliphatic heterocycles. The first kappa shape index (κ1) is 22.4. The molecule has 1 atom stereocenters. The molecule has 0 aliphatic carbocycles. The molecule has 1 N–H and O–H groups in total. The lowest BCUT2D eigenvalue weighted by Gasteiger charge is -2.34. The first-order chi connectivity index (χ1) is 16.0. The zero-order valence-electron chi connectivity index (χ0n) is 18.9. The van der Waals surface area contributed by atoms with E-state index in [2.05, 4.69) is 5.32 Å². The molecule has 2 aliphatic rings. The van der Waals surface area contributed by atoms with Crippen molar-refractivity contribution >= 4 is 29.1 Å². The summed E-state index contributed by atoms with van der Waals surface area (Å²) in [4.78, 5) is 42.7. The Bertz CT molecular complexity index is 1060. The highest BCUT2D eigenvalue weighted by molar-refractivity contribution is 6.13. The number of nitrogens with zero attached hydrogens (tertiary/aromatic N) is 2. The van der Waals surface area contributed by atoms with Crippen LogP contribution in [0.2, 0.25) is 0 Å². The number of carbonyl (C=O) groups is 3. The lowest BCUT2D eigenvalue weighted by atomic mass is 10.0. The van der Waals surface area contributed by atoms with Gasteiger partial charge in [-0.1, -0.05) is 12.1 Å². The van der Waals surface area contributed by atoms with Gasteiger partial charge in [0, 0.05) is 24.4 Å². The molecule has 1 unspecified atom stereocenters. The first-order valence-corrected chi connectivity index (χ1v) is 10.8. The van der Waals surface area contributed by atoms with Crippen molar-refractivity contribution in [2.75, 3.05) is 44.6 Å². The molecule has 0 radical (unpaired) electrons. The van der Waals surface area contributed by atoms with Gasteiger partial charge in [-0.05, 0) is 31.4 Å². The summed E-state index contributed by atoms with van der Waals surface area (Å²) < 4.78 is 16.0. The molecule has 0 bridgehead atoms. The van der Waals surface area contributed by atoms with Crippen LogP contribution in [-0.4, -0.2) is 63.1 Å². The smallest absolute Gasteiger partial charge is 0.256 e. The Hall–Kier alpha value is -3.75. The minimum atomic E-state index is -0.562. The lowest BCUT2D eigenvalue weighted by Crippen LogP contribution is -2.52. The second kappa shape index (κ2) is 9.40. The van der Waals surface area contributed by atoms with Gasteiger partial charge in [-0.25, -0.2) is 0 Å². The number of piperidine rings is 1. The number of hydrogen-bond donors (Lipinski definition) is 1. The van der Waals surface area contributed by atoms with E-state index in [1.54, 1.807) is 41.3 Å². The number of ether oxygens (including phenoxy) is 3. The summed E-state index contributed by atoms with van der Waals surface area (Å²) in [6.45, 7) is 0.305. The van der Waals surface area contributed by atoms with Gasteiger partial charge in [0.1, 0.15) is 12.6 Å². The fourth-order valence-electron chi connectivity index (χ4n) is 4.44. The molecule has 1 saturated heterocycles. The van der Waals surface area contributed by atoms with Crippen LogP contribution in [0.3, 0.4) is 0 Å². The Morgan fingerprint density at radius 2 is 1.73 bits per heavy atom. The van der Waals surface area contributed by atoms with E-state index in [0.717, 1.165) is 12.8 Å². The van der Waals surface area contributed by atoms with Crippen molar-refractivity contribution in [3.8, 4) is 17.2 Å². The summed E-state index contributed by atoms with van der Waals surface area (Å²) in [6.07, 6.45) is 2.31. The van der Waals surface area contributed by atoms with Crippen molar-refractivity contribution < 1.29 is 28.6 Å². The van der Waals surface area contributed by atoms with Gasteiger partial charge in [0.25, 0.3) is 5.91 Å². The molecule has 0 aromatic heterocycles. The van der Waals surface area contributed by atoms with Gasteiger partial charge in [-0.3, -0.25) is 14.4 Å². The van der Waals surface area contributed by atoms with Crippen molar-refractivity contribution in [2.24, 2.45) is 0 Å². The third-order valence-corrected chi connectivity index (χ3v) is 5.99. The van der Waals surface area contributed by atoms with Gasteiger partial charge in [-0.2, -0.15) is 0 Å². The number of nitrogens with one attached hydrogen (secondary N) is 1. The lowest BCUT2D eigenvalue weighted by molar-refractivity contribution is -0.125. The summed E-state index contributed by atoms with van der Waals surface area (Å²) in [5.74, 6) is 0.373. The van der Waals surface area contributed by atoms with E-state index in [0.29, 0.717) is 47.2 Å². The second-order valence-corrected chi connectivity index (χ2v) is 7.91. The van der Waals surface area contributed by atoms with E-state index in [4.69, 9.17) is 14.2 Å². The first-order valence-electron chi connectivity index (χ1n) is 10.8. The Morgan fingerprint density at radius 3 is 2.39 bits per heavy atom. The average molecular weight is 453 g/mol. The highest BCUT2D eigenvalue weighted by Crippen LogP contribution is 2.40. The fourth-order valence-corrected chi connectivity index (χ4v) is 4.44. The van der Waals surface area contributed by atoms with Crippen molar-refractivity contribution in [2.45, 2.75) is 25.3 Å². The van der Waals surface area contributed by atoms with Gasteiger partial charge < -0.3 is 29.3 Å². The zero-order chi connectivity index (χ0) is 23.5. The van der Waals surface area contributed by atoms with Crippen LogP contribution in [0.5, 0.6) is 17.2 Å². The molecule has 0 spiro atoms. The van der Waals surface area contributed by atoms with E-state index in [9.17, 15) is 14.4 Å². The van der Waals surface area contributed by atoms with E-state index < -0.39 is 11.9 Å². The van der Waals surface area contributed by atoms with Crippen LogP contribution in [0.1, 0.15) is 29.6 Å². The third-order valence-electron chi connectivity index (χ3n) is 5.99. The largest absolute Gasteiger partial charge is 0.493 e. The minimum absolute atomic E-state index is 0.170. The van der Waals surface area contributed by atoms with E-state index >= 15 is 0 Å². The maximum atomic E-state index is 13.5. The van der Waals surface area contributed by atoms with Crippen molar-refractivity contribution in [3.63, 3.8) is 0 Å². The topological polar surface area (TPSA) is 97.4 Å². The Balaban J connectivity index is 1.63. The number of methoxy groups -OCH3 is 3. The summed E-state index contributed by atoms with van der Waals surface area (Å²) in [5.41, 5.74) is 1.30. The van der Waals surface area contributed by atoms with Gasteiger partial charge in [0.15, 0.2) is 11.5 Å². The molecule has 2 heterocycles. The maximum absolute atomic E-state index is 13.5. The maximum Gasteiger partial charge on any atom is 0.256 e. The molecule has 9 heteroatoms. The molecule has 3 amide bonds. The van der Waals surface area contributed by atoms with Gasteiger partial charge in [0.2, 0.25) is 17.6 Å². The SMILES string of the molecule is COc1cc(NC(=O)CN2C(=O)C3CCCCN3C(=O)c3ccccc32)cc(OC)c1OC. The number of fused-ring (bicyclic) bond motifs is 2. The number of amides is 3. The molecular weight excluding hydrogens is 426 g/mol. The minimum Gasteiger partial charge on any atom is -0.493 e. The molecule has 0 saturated carbocycles. The predicted molar refractivity (Wildman–Crippen MR) is 122 cm³/mol. The normalized spacial score (nSPS) is 17.6. The van der Waals surface area contributed by atoms with Crippen LogP contribution in [0, 0.1) is 0 Å². The van der Waals surface area contributed by atoms with Crippen LogP contribution >= 0.6 is 0 Å². The zero-order valence-corrected chi connectivity index (χ0v) is 18.9. The van der Waals surface area contributed by atoms with Crippen molar-refractivity contribution in [1.82, 2.24) is 4.90 Å². The standard InChI is InChI=1S/C24H27N3O6/c1-31-19-12-15(13-20(32-2)22(19)33-3)25-21(28)14-27-17-9-5-4-8-16(17)23(29)26-11-7-6-10-18(26)24(27)30/h4-5,8-9,12-13,18H,6-7,10-11,14H2,1-3H3,(H,25,28). The summed E-state index contributed by atoms with van der Waals surface area (Å²) in [7, 11) is 4.47. The van der Waals surface area contributed by atoms with Crippen LogP contribution < -0.4 is 24.4 Å². The number of carbonyl (C=O) groups excluding carboxylic acids is 3. The monoisotopic (exact) mass is 453 g/mol. The third kappa shape index (κ3) is 4.18. The van der Waals surface area contributed by atoms with E-state index in [-0.39, 0.29) is 18.4 Å². The van der Waals surface area contributed by atoms with Gasteiger partial charge in [0.05, 0.1) is 32.6 Å². The average Bonchev–Trinajstić information content (AvgIpc) is 2.93. The van der Waals surface area contributed by atoms with E-state index in [1.165, 1.54) is 26.2 Å². The summed E-state index contributed by atoms with van der Waals surface area (Å²) in [5, 5.41) is 2.80. The number of anilines is 2. The molecule has 2 aromatic carbocycles. The molecule has 4 rings (SSSR count). The number of para-hydroxylation sites is 1. The Labute approximate surface area is 192 Å². The number of benzene rings is 2. The van der Waals surface area contributed by atoms with Gasteiger partial charge >= 0.3 is 0 Å². The summed E-state index contributed by atoms with van der Waals surface area (Å²) in [6, 6.07) is 9.59.